The van der Waals surface area contributed by atoms with Crippen LogP contribution in [0.15, 0.2) is 28.7 Å². The molecule has 1 aliphatic heterocycles. The van der Waals surface area contributed by atoms with Crippen LogP contribution in [0, 0.1) is 0 Å². The van der Waals surface area contributed by atoms with E-state index in [2.05, 4.69) is 17.4 Å². The molecule has 2 nitrogen and oxygen atoms in total. The molecule has 0 spiro atoms. The Balaban J connectivity index is 0.000000750. The predicted octanol–water partition coefficient (Wildman–Crippen LogP) is 2.50. The fourth-order valence-corrected chi connectivity index (χ4v) is 1.98. The molecule has 0 saturated heterocycles. The normalized spacial score (nSPS) is 14.9. The lowest BCUT2D eigenvalue weighted by Crippen LogP contribution is -2.22. The molecule has 0 saturated carbocycles. The summed E-state index contributed by atoms with van der Waals surface area (Å²) in [5.41, 5.74) is 2.42. The molecule has 1 aliphatic rings. The summed E-state index contributed by atoms with van der Waals surface area (Å²) in [6, 6.07) is 8.27. The Kier molecular flexibility index (Phi) is 2.48. The standard InChI is InChI=1S/C11H11NO.ClH/c1-2-4-10-8(3-1)9-5-6-12-7-11(9)13-10;/h1-4,12H,5-7H2;1H. The molecule has 0 fully saturated rings. The second kappa shape index (κ2) is 3.64. The van der Waals surface area contributed by atoms with E-state index in [1.807, 2.05) is 12.1 Å². The van der Waals surface area contributed by atoms with Gasteiger partial charge in [-0.15, -0.1) is 12.4 Å². The van der Waals surface area contributed by atoms with Gasteiger partial charge in [-0.05, 0) is 19.0 Å². The quantitative estimate of drug-likeness (QED) is 0.721. The van der Waals surface area contributed by atoms with Gasteiger partial charge >= 0.3 is 0 Å². The van der Waals surface area contributed by atoms with Gasteiger partial charge in [0, 0.05) is 10.9 Å². The maximum atomic E-state index is 5.73. The van der Waals surface area contributed by atoms with Crippen LogP contribution in [0.4, 0.5) is 0 Å². The number of fused-ring (bicyclic) bond motifs is 3. The molecular weight excluding hydrogens is 198 g/mol. The first-order valence-corrected chi connectivity index (χ1v) is 4.65. The summed E-state index contributed by atoms with van der Waals surface area (Å²) in [5.74, 6) is 1.12. The van der Waals surface area contributed by atoms with Crippen molar-refractivity contribution in [3.05, 3.63) is 35.6 Å². The van der Waals surface area contributed by atoms with Crippen LogP contribution in [0.3, 0.4) is 0 Å². The Morgan fingerprint density at radius 1 is 1.21 bits per heavy atom. The zero-order valence-corrected chi connectivity index (χ0v) is 8.56. The van der Waals surface area contributed by atoms with Gasteiger partial charge in [-0.1, -0.05) is 18.2 Å². The molecule has 2 heterocycles. The lowest BCUT2D eigenvalue weighted by molar-refractivity contribution is 0.488. The van der Waals surface area contributed by atoms with Crippen LogP contribution in [0.2, 0.25) is 0 Å². The number of para-hydroxylation sites is 1. The minimum absolute atomic E-state index is 0. The van der Waals surface area contributed by atoms with Gasteiger partial charge in [0.2, 0.25) is 0 Å². The van der Waals surface area contributed by atoms with Crippen molar-refractivity contribution in [2.45, 2.75) is 13.0 Å². The van der Waals surface area contributed by atoms with Gasteiger partial charge in [0.05, 0.1) is 6.54 Å². The number of halogens is 1. The summed E-state index contributed by atoms with van der Waals surface area (Å²) in [5, 5.41) is 4.60. The van der Waals surface area contributed by atoms with E-state index in [9.17, 15) is 0 Å². The van der Waals surface area contributed by atoms with E-state index in [0.717, 1.165) is 30.9 Å². The lowest BCUT2D eigenvalue weighted by atomic mass is 10.1. The van der Waals surface area contributed by atoms with Crippen molar-refractivity contribution in [3.63, 3.8) is 0 Å². The number of hydrogen-bond donors (Lipinski definition) is 1. The number of rotatable bonds is 0. The average molecular weight is 210 g/mol. The van der Waals surface area contributed by atoms with E-state index in [1.165, 1.54) is 10.9 Å². The maximum Gasteiger partial charge on any atom is 0.134 e. The molecule has 0 unspecified atom stereocenters. The van der Waals surface area contributed by atoms with E-state index in [-0.39, 0.29) is 12.4 Å². The van der Waals surface area contributed by atoms with Crippen LogP contribution >= 0.6 is 12.4 Å². The second-order valence-electron chi connectivity index (χ2n) is 3.43. The minimum Gasteiger partial charge on any atom is -0.459 e. The monoisotopic (exact) mass is 209 g/mol. The first-order chi connectivity index (χ1) is 6.45. The average Bonchev–Trinajstić information content (AvgIpc) is 2.56. The van der Waals surface area contributed by atoms with Gasteiger partial charge in [-0.25, -0.2) is 0 Å². The first kappa shape index (κ1) is 9.56. The van der Waals surface area contributed by atoms with Gasteiger partial charge in [0.1, 0.15) is 11.3 Å². The van der Waals surface area contributed by atoms with E-state index < -0.39 is 0 Å². The Hall–Kier alpha value is -0.990. The summed E-state index contributed by atoms with van der Waals surface area (Å²) >= 11 is 0. The maximum absolute atomic E-state index is 5.73. The van der Waals surface area contributed by atoms with Crippen LogP contribution in [0.1, 0.15) is 11.3 Å². The van der Waals surface area contributed by atoms with E-state index in [0.29, 0.717) is 0 Å². The molecule has 3 heteroatoms. The van der Waals surface area contributed by atoms with Gasteiger partial charge in [0.25, 0.3) is 0 Å². The molecule has 0 amide bonds. The van der Waals surface area contributed by atoms with Crippen molar-refractivity contribution in [2.75, 3.05) is 6.54 Å². The van der Waals surface area contributed by atoms with Crippen LogP contribution in [-0.2, 0) is 13.0 Å². The highest BCUT2D eigenvalue weighted by molar-refractivity contribution is 5.85. The summed E-state index contributed by atoms with van der Waals surface area (Å²) in [6.45, 7) is 1.94. The smallest absolute Gasteiger partial charge is 0.134 e. The molecular formula is C11H12ClNO. The highest BCUT2D eigenvalue weighted by Gasteiger charge is 2.16. The SMILES string of the molecule is Cl.c1ccc2c3c(oc2c1)CNCC3. The molecule has 2 aromatic rings. The number of hydrogen-bond acceptors (Lipinski definition) is 2. The predicted molar refractivity (Wildman–Crippen MR) is 58.9 cm³/mol. The Labute approximate surface area is 88.7 Å². The summed E-state index contributed by atoms with van der Waals surface area (Å²) in [7, 11) is 0. The molecule has 14 heavy (non-hydrogen) atoms. The third-order valence-corrected chi connectivity index (χ3v) is 2.62. The van der Waals surface area contributed by atoms with E-state index in [4.69, 9.17) is 4.42 Å². The van der Waals surface area contributed by atoms with Crippen LogP contribution in [0.5, 0.6) is 0 Å². The molecule has 0 bridgehead atoms. The van der Waals surface area contributed by atoms with Crippen molar-refractivity contribution >= 4 is 23.4 Å². The largest absolute Gasteiger partial charge is 0.459 e. The first-order valence-electron chi connectivity index (χ1n) is 4.65. The highest BCUT2D eigenvalue weighted by atomic mass is 35.5. The van der Waals surface area contributed by atoms with E-state index >= 15 is 0 Å². The van der Waals surface area contributed by atoms with Gasteiger partial charge < -0.3 is 9.73 Å². The fourth-order valence-electron chi connectivity index (χ4n) is 1.98. The molecule has 1 aromatic carbocycles. The Morgan fingerprint density at radius 2 is 2.07 bits per heavy atom. The van der Waals surface area contributed by atoms with Crippen molar-refractivity contribution in [1.82, 2.24) is 5.32 Å². The fraction of sp³-hybridized carbons (Fsp3) is 0.273. The molecule has 0 radical (unpaired) electrons. The van der Waals surface area contributed by atoms with Crippen molar-refractivity contribution in [1.29, 1.82) is 0 Å². The highest BCUT2D eigenvalue weighted by Crippen LogP contribution is 2.27. The zero-order valence-electron chi connectivity index (χ0n) is 7.75. The molecule has 3 rings (SSSR count). The Morgan fingerprint density at radius 3 is 3.00 bits per heavy atom. The van der Waals surface area contributed by atoms with Crippen molar-refractivity contribution in [2.24, 2.45) is 0 Å². The molecule has 74 valence electrons. The van der Waals surface area contributed by atoms with Gasteiger partial charge in [0.15, 0.2) is 0 Å². The molecule has 1 N–H and O–H groups in total. The Bertz CT molecular complexity index is 449. The van der Waals surface area contributed by atoms with Crippen LogP contribution in [-0.4, -0.2) is 6.54 Å². The second-order valence-corrected chi connectivity index (χ2v) is 3.43. The van der Waals surface area contributed by atoms with E-state index in [1.54, 1.807) is 0 Å². The van der Waals surface area contributed by atoms with Crippen LogP contribution < -0.4 is 5.32 Å². The molecule has 0 aliphatic carbocycles. The minimum atomic E-state index is 0. The van der Waals surface area contributed by atoms with Gasteiger partial charge in [-0.3, -0.25) is 0 Å². The number of furan rings is 1. The van der Waals surface area contributed by atoms with Crippen molar-refractivity contribution < 1.29 is 4.42 Å². The summed E-state index contributed by atoms with van der Waals surface area (Å²) in [6.07, 6.45) is 1.09. The van der Waals surface area contributed by atoms with Crippen LogP contribution in [0.25, 0.3) is 11.0 Å². The third-order valence-electron chi connectivity index (χ3n) is 2.62. The topological polar surface area (TPSA) is 25.2 Å². The summed E-state index contributed by atoms with van der Waals surface area (Å²) in [4.78, 5) is 0. The van der Waals surface area contributed by atoms with Crippen molar-refractivity contribution in [3.8, 4) is 0 Å². The zero-order chi connectivity index (χ0) is 8.67. The lowest BCUT2D eigenvalue weighted by Gasteiger charge is -2.10. The number of benzene rings is 1. The third kappa shape index (κ3) is 1.31. The molecule has 1 aromatic heterocycles. The number of nitrogens with one attached hydrogen (secondary N) is 1. The summed E-state index contributed by atoms with van der Waals surface area (Å²) < 4.78 is 5.73. The molecule has 0 atom stereocenters. The van der Waals surface area contributed by atoms with Gasteiger partial charge in [-0.2, -0.15) is 0 Å².